The second-order valence-corrected chi connectivity index (χ2v) is 15.6. The summed E-state index contributed by atoms with van der Waals surface area (Å²) in [6, 6.07) is 28.7. The van der Waals surface area contributed by atoms with E-state index in [-0.39, 0.29) is 0 Å². The molecule has 1 N–H and O–H groups in total. The molecule has 0 amide bonds. The number of ether oxygens (including phenoxy) is 2. The highest BCUT2D eigenvalue weighted by Gasteiger charge is 2.49. The topological polar surface area (TPSA) is 73.9 Å². The van der Waals surface area contributed by atoms with E-state index < -0.39 is 0 Å². The van der Waals surface area contributed by atoms with E-state index >= 15 is 0 Å². The molecule has 270 valence electrons. The summed E-state index contributed by atoms with van der Waals surface area (Å²) in [5.74, 6) is 2.59. The lowest BCUT2D eigenvalue weighted by Crippen LogP contribution is -2.56. The van der Waals surface area contributed by atoms with E-state index in [1.807, 2.05) is 30.5 Å². The van der Waals surface area contributed by atoms with E-state index in [1.54, 1.807) is 13.3 Å². The summed E-state index contributed by atoms with van der Waals surface area (Å²) in [5, 5.41) is 0.975. The van der Waals surface area contributed by atoms with E-state index in [1.165, 1.54) is 48.8 Å². The number of rotatable bonds is 10. The van der Waals surface area contributed by atoms with Crippen LogP contribution in [0.3, 0.4) is 0 Å². The Balaban J connectivity index is 0.952. The Morgan fingerprint density at radius 2 is 1.75 bits per heavy atom. The largest absolute Gasteiger partial charge is 0.497 e. The Kier molecular flexibility index (Phi) is 9.77. The van der Waals surface area contributed by atoms with Gasteiger partial charge in [-0.05, 0) is 103 Å². The molecule has 5 aromatic rings. The Morgan fingerprint density at radius 3 is 2.52 bits per heavy atom. The van der Waals surface area contributed by atoms with Crippen molar-refractivity contribution in [3.63, 3.8) is 0 Å². The summed E-state index contributed by atoms with van der Waals surface area (Å²) in [5.41, 5.74) is 7.20. The molecular weight excluding hydrogens is 647 g/mol. The van der Waals surface area contributed by atoms with Crippen molar-refractivity contribution in [3.8, 4) is 17.2 Å². The Labute approximate surface area is 307 Å². The highest BCUT2D eigenvalue weighted by Crippen LogP contribution is 2.53. The van der Waals surface area contributed by atoms with Gasteiger partial charge in [0.1, 0.15) is 22.9 Å². The maximum atomic E-state index is 12.0. The third-order valence-corrected chi connectivity index (χ3v) is 12.0. The first-order valence-electron chi connectivity index (χ1n) is 19.1. The van der Waals surface area contributed by atoms with Crippen molar-refractivity contribution in [2.45, 2.75) is 70.5 Å². The van der Waals surface area contributed by atoms with E-state index in [0.717, 1.165) is 68.0 Å². The highest BCUT2D eigenvalue weighted by atomic mass is 16.5. The van der Waals surface area contributed by atoms with Gasteiger partial charge in [0.25, 0.3) is 0 Å². The van der Waals surface area contributed by atoms with E-state index in [0.29, 0.717) is 40.5 Å². The number of carbonyl (C=O) groups excluding carboxylic acids is 1. The van der Waals surface area contributed by atoms with E-state index in [4.69, 9.17) is 9.47 Å². The van der Waals surface area contributed by atoms with Gasteiger partial charge in [0.2, 0.25) is 0 Å². The number of carbonyl (C=O) groups is 1. The number of piperidine rings is 1. The first-order chi connectivity index (χ1) is 25.4. The fourth-order valence-corrected chi connectivity index (χ4v) is 9.09. The average molecular weight is 698 g/mol. The lowest BCUT2D eigenvalue weighted by Gasteiger charge is -2.57. The molecule has 2 aromatic heterocycles. The zero-order chi connectivity index (χ0) is 35.7. The number of aromatic amines is 1. The number of anilines is 1. The van der Waals surface area contributed by atoms with Crippen molar-refractivity contribution >= 4 is 23.0 Å². The van der Waals surface area contributed by atoms with Gasteiger partial charge >= 0.3 is 0 Å². The number of aldehydes is 1. The van der Waals surface area contributed by atoms with Crippen LogP contribution in [0.1, 0.15) is 85.0 Å². The molecule has 2 aliphatic heterocycles. The van der Waals surface area contributed by atoms with Crippen LogP contribution in [-0.2, 0) is 6.54 Å². The normalized spacial score (nSPS) is 19.8. The molecule has 4 heterocycles. The number of H-pyrrole nitrogens is 1. The molecule has 52 heavy (non-hydrogen) atoms. The Morgan fingerprint density at radius 1 is 0.942 bits per heavy atom. The fraction of sp³-hybridized carbons (Fsp3) is 0.409. The molecule has 0 radical (unpaired) electrons. The first-order valence-corrected chi connectivity index (χ1v) is 19.1. The molecule has 3 fully saturated rings. The molecular formula is C44H51N5O3. The van der Waals surface area contributed by atoms with Crippen LogP contribution in [0.15, 0.2) is 91.3 Å². The standard InChI is InChI=1S/C44H51N5O3/c1-31(2)39-7-4-5-8-40(39)41-29-47(28-32-9-13-37(51-3)14-10-32)19-6-20-49(41)36-25-44(26-36)16-21-48(22-17-44)35-12-11-34(30-50)42(24-35)52-38-23-33-15-18-45-43(33)46-27-38/h4-5,7-15,18,23-24,27,30-31,36,41H,6,16-17,19-22,25-26,28-29H2,1-3H3,(H,45,46). The SMILES string of the molecule is COc1ccc(CN2CCCN(C3CC4(CCN(c5ccc(C=O)c(Oc6cnc7[nH]ccc7c6)c5)CC4)C3)C(c3ccccc3C(C)C)C2)cc1. The van der Waals surface area contributed by atoms with Gasteiger partial charge in [0, 0.05) is 68.1 Å². The van der Waals surface area contributed by atoms with Crippen molar-refractivity contribution in [1.82, 2.24) is 19.8 Å². The minimum absolute atomic E-state index is 0.379. The summed E-state index contributed by atoms with van der Waals surface area (Å²) in [6.07, 6.45) is 10.5. The summed E-state index contributed by atoms with van der Waals surface area (Å²) >= 11 is 0. The van der Waals surface area contributed by atoms with Gasteiger partial charge in [0.15, 0.2) is 6.29 Å². The lowest BCUT2D eigenvalue weighted by atomic mass is 9.59. The number of nitrogens with one attached hydrogen (secondary N) is 1. The smallest absolute Gasteiger partial charge is 0.153 e. The highest BCUT2D eigenvalue weighted by molar-refractivity contribution is 5.81. The van der Waals surface area contributed by atoms with Crippen molar-refractivity contribution in [1.29, 1.82) is 0 Å². The molecule has 1 spiro atoms. The number of nitrogens with zero attached hydrogens (tertiary/aromatic N) is 4. The van der Waals surface area contributed by atoms with Gasteiger partial charge in [-0.1, -0.05) is 50.2 Å². The molecule has 8 nitrogen and oxygen atoms in total. The quantitative estimate of drug-likeness (QED) is 0.146. The lowest BCUT2D eigenvalue weighted by molar-refractivity contribution is -0.0357. The van der Waals surface area contributed by atoms with Gasteiger partial charge in [-0.3, -0.25) is 14.6 Å². The molecule has 1 atom stereocenters. The van der Waals surface area contributed by atoms with Gasteiger partial charge < -0.3 is 19.4 Å². The predicted octanol–water partition coefficient (Wildman–Crippen LogP) is 9.00. The molecule has 3 aromatic carbocycles. The predicted molar refractivity (Wildman–Crippen MR) is 208 cm³/mol. The van der Waals surface area contributed by atoms with Crippen LogP contribution >= 0.6 is 0 Å². The summed E-state index contributed by atoms with van der Waals surface area (Å²) in [7, 11) is 1.73. The van der Waals surface area contributed by atoms with Gasteiger partial charge in [-0.15, -0.1) is 0 Å². The van der Waals surface area contributed by atoms with Crippen molar-refractivity contribution in [2.24, 2.45) is 5.41 Å². The van der Waals surface area contributed by atoms with Crippen LogP contribution in [-0.4, -0.2) is 71.9 Å². The third-order valence-electron chi connectivity index (χ3n) is 12.0. The molecule has 1 saturated carbocycles. The number of fused-ring (bicyclic) bond motifs is 1. The summed E-state index contributed by atoms with van der Waals surface area (Å²) < 4.78 is 11.7. The number of aromatic nitrogens is 2. The van der Waals surface area contributed by atoms with Gasteiger partial charge in [-0.25, -0.2) is 4.98 Å². The number of methoxy groups -OCH3 is 1. The van der Waals surface area contributed by atoms with Crippen LogP contribution in [0.5, 0.6) is 17.2 Å². The van der Waals surface area contributed by atoms with Gasteiger partial charge in [0.05, 0.1) is 18.9 Å². The Bertz CT molecular complexity index is 1990. The zero-order valence-electron chi connectivity index (χ0n) is 30.8. The molecule has 1 aliphatic carbocycles. The second-order valence-electron chi connectivity index (χ2n) is 15.6. The summed E-state index contributed by atoms with van der Waals surface area (Å²) in [6.45, 7) is 11.0. The number of hydrogen-bond donors (Lipinski definition) is 1. The maximum Gasteiger partial charge on any atom is 0.153 e. The monoisotopic (exact) mass is 697 g/mol. The summed E-state index contributed by atoms with van der Waals surface area (Å²) in [4.78, 5) is 27.6. The minimum Gasteiger partial charge on any atom is -0.497 e. The first kappa shape index (κ1) is 34.4. The number of hydrogen-bond acceptors (Lipinski definition) is 7. The molecule has 0 bridgehead atoms. The van der Waals surface area contributed by atoms with Crippen molar-refractivity contribution in [3.05, 3.63) is 114 Å². The third kappa shape index (κ3) is 7.06. The molecule has 8 rings (SSSR count). The molecule has 3 aliphatic rings. The fourth-order valence-electron chi connectivity index (χ4n) is 9.09. The number of pyridine rings is 1. The maximum absolute atomic E-state index is 12.0. The van der Waals surface area contributed by atoms with Crippen LogP contribution in [0.4, 0.5) is 5.69 Å². The molecule has 2 saturated heterocycles. The minimum atomic E-state index is 0.379. The van der Waals surface area contributed by atoms with Crippen LogP contribution in [0, 0.1) is 5.41 Å². The Hall–Kier alpha value is -4.66. The number of benzene rings is 3. The zero-order valence-corrected chi connectivity index (χ0v) is 30.8. The van der Waals surface area contributed by atoms with Crippen molar-refractivity contribution in [2.75, 3.05) is 44.7 Å². The van der Waals surface area contributed by atoms with Gasteiger partial charge in [-0.2, -0.15) is 0 Å². The van der Waals surface area contributed by atoms with E-state index in [9.17, 15) is 4.79 Å². The van der Waals surface area contributed by atoms with Crippen molar-refractivity contribution < 1.29 is 14.3 Å². The molecule has 1 unspecified atom stereocenters. The average Bonchev–Trinajstić information content (AvgIpc) is 3.53. The van der Waals surface area contributed by atoms with E-state index in [2.05, 4.69) is 93.1 Å². The second kappa shape index (κ2) is 14.8. The molecule has 8 heteroatoms. The van der Waals surface area contributed by atoms with Crippen LogP contribution in [0.25, 0.3) is 11.0 Å². The van der Waals surface area contributed by atoms with Crippen LogP contribution in [0.2, 0.25) is 0 Å². The van der Waals surface area contributed by atoms with Crippen LogP contribution < -0.4 is 14.4 Å².